The van der Waals surface area contributed by atoms with Crippen molar-refractivity contribution in [3.05, 3.63) is 35.9 Å². The number of carbonyl (C=O) groups excluding carboxylic acids is 1. The maximum absolute atomic E-state index is 12.6. The van der Waals surface area contributed by atoms with Crippen LogP contribution in [0.4, 0.5) is 0 Å². The number of nitrogens with zero attached hydrogens (tertiary/aromatic N) is 2. The van der Waals surface area contributed by atoms with E-state index in [0.717, 1.165) is 0 Å². The van der Waals surface area contributed by atoms with E-state index in [1.165, 1.54) is 24.8 Å². The summed E-state index contributed by atoms with van der Waals surface area (Å²) in [5, 5.41) is 3.31. The van der Waals surface area contributed by atoms with Crippen LogP contribution in [0.5, 0.6) is 0 Å². The van der Waals surface area contributed by atoms with Gasteiger partial charge in [0.15, 0.2) is 6.54 Å². The lowest BCUT2D eigenvalue weighted by Gasteiger charge is -2.74. The Morgan fingerprint density at radius 3 is 2.42 bits per heavy atom. The van der Waals surface area contributed by atoms with Gasteiger partial charge in [-0.2, -0.15) is 0 Å². The van der Waals surface area contributed by atoms with Gasteiger partial charge in [-0.3, -0.25) is 9.37 Å². The molecule has 4 aliphatic rings. The van der Waals surface area contributed by atoms with Crippen LogP contribution in [0.25, 0.3) is 0 Å². The Labute approximate surface area is 143 Å². The zero-order valence-electron chi connectivity index (χ0n) is 14.7. The number of rotatable bonds is 5. The summed E-state index contributed by atoms with van der Waals surface area (Å²) < 4.78 is 1.94. The molecule has 1 aliphatic heterocycles. The van der Waals surface area contributed by atoms with Crippen LogP contribution in [0, 0.1) is 11.3 Å². The second-order valence-electron chi connectivity index (χ2n) is 8.34. The molecule has 3 saturated carbocycles. The topological polar surface area (TPSA) is 44.5 Å². The SMILES string of the molecule is CC(C)C(NC(=O)C1=NC=[N+](C)C1)C12CC(c3ccccc3)(C1)C2. The number of nitrogens with one attached hydrogen (secondary N) is 1. The second kappa shape index (κ2) is 5.27. The monoisotopic (exact) mass is 324 g/mol. The van der Waals surface area contributed by atoms with Crippen molar-refractivity contribution in [2.45, 2.75) is 44.6 Å². The summed E-state index contributed by atoms with van der Waals surface area (Å²) in [5.41, 5.74) is 2.76. The summed E-state index contributed by atoms with van der Waals surface area (Å²) >= 11 is 0. The van der Waals surface area contributed by atoms with Crippen molar-refractivity contribution in [2.75, 3.05) is 13.6 Å². The molecule has 1 aromatic rings. The molecule has 0 radical (unpaired) electrons. The molecular weight excluding hydrogens is 298 g/mol. The Morgan fingerprint density at radius 1 is 1.21 bits per heavy atom. The van der Waals surface area contributed by atoms with Gasteiger partial charge in [0.05, 0.1) is 7.05 Å². The van der Waals surface area contributed by atoms with Gasteiger partial charge in [-0.05, 0) is 46.6 Å². The minimum atomic E-state index is 0.00721. The van der Waals surface area contributed by atoms with Crippen LogP contribution in [0.2, 0.25) is 0 Å². The summed E-state index contributed by atoms with van der Waals surface area (Å²) in [4.78, 5) is 16.8. The first-order valence-electron chi connectivity index (χ1n) is 8.91. The van der Waals surface area contributed by atoms with Crippen LogP contribution < -0.4 is 5.32 Å². The van der Waals surface area contributed by atoms with Crippen LogP contribution in [0.15, 0.2) is 35.3 Å². The molecule has 0 aromatic heterocycles. The molecule has 0 spiro atoms. The summed E-state index contributed by atoms with van der Waals surface area (Å²) in [6, 6.07) is 11.1. The Balaban J connectivity index is 1.44. The summed E-state index contributed by atoms with van der Waals surface area (Å²) in [6.07, 6.45) is 5.33. The molecule has 4 nitrogen and oxygen atoms in total. The fourth-order valence-corrected chi connectivity index (χ4v) is 5.16. The van der Waals surface area contributed by atoms with Crippen molar-refractivity contribution in [1.82, 2.24) is 5.32 Å². The normalized spacial score (nSPS) is 31.7. The average molecular weight is 324 g/mol. The highest BCUT2D eigenvalue weighted by Crippen LogP contribution is 2.75. The summed E-state index contributed by atoms with van der Waals surface area (Å²) in [5.74, 6) is 0.444. The molecule has 3 fully saturated rings. The third-order valence-corrected chi connectivity index (χ3v) is 6.14. The largest absolute Gasteiger partial charge is 0.345 e. The first kappa shape index (κ1) is 15.6. The van der Waals surface area contributed by atoms with Gasteiger partial charge in [0.1, 0.15) is 0 Å². The Bertz CT molecular complexity index is 713. The van der Waals surface area contributed by atoms with Crippen LogP contribution in [-0.4, -0.2) is 42.2 Å². The molecule has 1 N–H and O–H groups in total. The lowest BCUT2D eigenvalue weighted by Crippen LogP contribution is -2.73. The predicted octanol–water partition coefficient (Wildman–Crippen LogP) is 2.37. The van der Waals surface area contributed by atoms with Crippen molar-refractivity contribution in [1.29, 1.82) is 0 Å². The third-order valence-electron chi connectivity index (χ3n) is 6.14. The summed E-state index contributed by atoms with van der Waals surface area (Å²) in [6.45, 7) is 5.04. The Morgan fingerprint density at radius 2 is 1.88 bits per heavy atom. The molecule has 2 bridgehead atoms. The number of amides is 1. The van der Waals surface area contributed by atoms with E-state index in [0.29, 0.717) is 23.6 Å². The van der Waals surface area contributed by atoms with Crippen molar-refractivity contribution in [3.8, 4) is 0 Å². The van der Waals surface area contributed by atoms with E-state index in [9.17, 15) is 4.79 Å². The zero-order valence-corrected chi connectivity index (χ0v) is 14.7. The van der Waals surface area contributed by atoms with E-state index in [2.05, 4.69) is 54.5 Å². The highest BCUT2D eigenvalue weighted by atomic mass is 16.2. The van der Waals surface area contributed by atoms with Crippen molar-refractivity contribution in [2.24, 2.45) is 16.3 Å². The molecule has 24 heavy (non-hydrogen) atoms. The van der Waals surface area contributed by atoms with Crippen molar-refractivity contribution < 1.29 is 9.37 Å². The van der Waals surface area contributed by atoms with Crippen molar-refractivity contribution >= 4 is 18.0 Å². The first-order chi connectivity index (χ1) is 11.4. The molecular formula is C20H26N3O+. The van der Waals surface area contributed by atoms with E-state index in [-0.39, 0.29) is 17.4 Å². The number of hydrogen-bond donors (Lipinski definition) is 1. The number of aliphatic imine (C=N–C) groups is 1. The standard InChI is InChI=1S/C20H25N3O/c1-14(2)17(22-18(24)16-9-23(3)13-21-16)20-10-19(11-20,12-20)15-7-5-4-6-8-15/h4-8,13-14,17H,9-12H2,1-3H3/p+1. The maximum Gasteiger partial charge on any atom is 0.295 e. The average Bonchev–Trinajstić information content (AvgIpc) is 2.91. The van der Waals surface area contributed by atoms with E-state index >= 15 is 0 Å². The van der Waals surface area contributed by atoms with Gasteiger partial charge in [0.2, 0.25) is 0 Å². The number of benzene rings is 1. The Hall–Kier alpha value is -1.97. The van der Waals surface area contributed by atoms with Gasteiger partial charge in [-0.1, -0.05) is 44.2 Å². The van der Waals surface area contributed by atoms with Crippen LogP contribution in [0.3, 0.4) is 0 Å². The lowest BCUT2D eigenvalue weighted by atomic mass is 9.31. The van der Waals surface area contributed by atoms with E-state index in [4.69, 9.17) is 0 Å². The molecule has 1 aromatic carbocycles. The fraction of sp³-hybridized carbons (Fsp3) is 0.550. The van der Waals surface area contributed by atoms with E-state index in [1.807, 2.05) is 11.6 Å². The summed E-state index contributed by atoms with van der Waals surface area (Å²) in [7, 11) is 1.94. The lowest BCUT2D eigenvalue weighted by molar-refractivity contribution is -0.473. The molecule has 126 valence electrons. The zero-order chi connectivity index (χ0) is 16.9. The molecule has 1 amide bonds. The van der Waals surface area contributed by atoms with Crippen molar-refractivity contribution in [3.63, 3.8) is 0 Å². The Kier molecular flexibility index (Phi) is 3.41. The van der Waals surface area contributed by atoms with Crippen LogP contribution in [0.1, 0.15) is 38.7 Å². The molecule has 5 rings (SSSR count). The van der Waals surface area contributed by atoms with Gasteiger partial charge in [-0.15, -0.1) is 0 Å². The smallest absolute Gasteiger partial charge is 0.295 e. The first-order valence-corrected chi connectivity index (χ1v) is 8.91. The van der Waals surface area contributed by atoms with Gasteiger partial charge < -0.3 is 5.32 Å². The van der Waals surface area contributed by atoms with Gasteiger partial charge in [-0.25, -0.2) is 0 Å². The number of carbonyl (C=O) groups is 1. The minimum Gasteiger partial charge on any atom is -0.345 e. The highest BCUT2D eigenvalue weighted by molar-refractivity contribution is 6.41. The molecule has 1 unspecified atom stereocenters. The minimum absolute atomic E-state index is 0.00721. The fourth-order valence-electron chi connectivity index (χ4n) is 5.16. The molecule has 0 saturated heterocycles. The van der Waals surface area contributed by atoms with Gasteiger partial charge in [0.25, 0.3) is 18.0 Å². The predicted molar refractivity (Wildman–Crippen MR) is 95.7 cm³/mol. The third kappa shape index (κ3) is 2.23. The maximum atomic E-state index is 12.6. The quantitative estimate of drug-likeness (QED) is 0.831. The van der Waals surface area contributed by atoms with Gasteiger partial charge in [0, 0.05) is 6.04 Å². The molecule has 1 atom stereocenters. The van der Waals surface area contributed by atoms with Crippen LogP contribution >= 0.6 is 0 Å². The molecule has 4 heteroatoms. The molecule has 3 aliphatic carbocycles. The molecule has 1 heterocycles. The number of hydrogen-bond acceptors (Lipinski definition) is 2. The van der Waals surface area contributed by atoms with Gasteiger partial charge >= 0.3 is 0 Å². The van der Waals surface area contributed by atoms with E-state index in [1.54, 1.807) is 6.34 Å². The van der Waals surface area contributed by atoms with E-state index < -0.39 is 0 Å². The second-order valence-corrected chi connectivity index (χ2v) is 8.34. The van der Waals surface area contributed by atoms with Crippen LogP contribution in [-0.2, 0) is 10.2 Å². The highest BCUT2D eigenvalue weighted by Gasteiger charge is 2.71.